The number of aromatic nitrogens is 1. The van der Waals surface area contributed by atoms with Crippen molar-refractivity contribution in [2.75, 3.05) is 0 Å². The Balaban J connectivity index is 0.000000386. The lowest BCUT2D eigenvalue weighted by molar-refractivity contribution is 1.09. The van der Waals surface area contributed by atoms with Crippen molar-refractivity contribution in [3.05, 3.63) is 41.6 Å². The van der Waals surface area contributed by atoms with Gasteiger partial charge >= 0.3 is 0 Å². The maximum Gasteiger partial charge on any atom is 0.0736 e. The summed E-state index contributed by atoms with van der Waals surface area (Å²) in [6.07, 6.45) is 4.17. The van der Waals surface area contributed by atoms with Gasteiger partial charge in [0, 0.05) is 11.6 Å². The molecule has 0 saturated carbocycles. The molecule has 1 aromatic carbocycles. The number of rotatable bonds is 1. The van der Waals surface area contributed by atoms with Gasteiger partial charge in [-0.3, -0.25) is 4.98 Å². The first kappa shape index (κ1) is 12.7. The lowest BCUT2D eigenvalue weighted by Gasteiger charge is -2.06. The predicted octanol–water partition coefficient (Wildman–Crippen LogP) is 4.52. The Bertz CT molecular complexity index is 446. The Morgan fingerprint density at radius 2 is 1.75 bits per heavy atom. The smallest absolute Gasteiger partial charge is 0.0736 e. The fourth-order valence-electron chi connectivity index (χ4n) is 1.75. The SMILES string of the molecule is CCC.CCc1c(C)ccc2cccnc12. The van der Waals surface area contributed by atoms with E-state index in [1.54, 1.807) is 0 Å². The van der Waals surface area contributed by atoms with Crippen molar-refractivity contribution in [1.82, 2.24) is 4.98 Å². The van der Waals surface area contributed by atoms with Crippen molar-refractivity contribution in [3.63, 3.8) is 0 Å². The minimum atomic E-state index is 1.06. The van der Waals surface area contributed by atoms with Crippen LogP contribution in [0.25, 0.3) is 10.9 Å². The van der Waals surface area contributed by atoms with Gasteiger partial charge in [-0.25, -0.2) is 0 Å². The first-order chi connectivity index (χ1) is 7.74. The average molecular weight is 215 g/mol. The standard InChI is InChI=1S/C12H13N.C3H8/c1-3-11-9(2)6-7-10-5-4-8-13-12(10)11;1-3-2/h4-8H,3H2,1-2H3;3H2,1-2H3. The fourth-order valence-corrected chi connectivity index (χ4v) is 1.75. The number of benzene rings is 1. The third kappa shape index (κ3) is 2.82. The van der Waals surface area contributed by atoms with E-state index in [2.05, 4.69) is 50.9 Å². The third-order valence-corrected chi connectivity index (χ3v) is 2.47. The fraction of sp³-hybridized carbons (Fsp3) is 0.400. The van der Waals surface area contributed by atoms with Crippen LogP contribution < -0.4 is 0 Å². The van der Waals surface area contributed by atoms with Crippen LogP contribution in [0, 0.1) is 6.92 Å². The molecule has 2 aromatic rings. The van der Waals surface area contributed by atoms with Gasteiger partial charge in [-0.2, -0.15) is 0 Å². The molecule has 0 aliphatic rings. The molecular weight excluding hydrogens is 194 g/mol. The second-order valence-corrected chi connectivity index (χ2v) is 4.00. The van der Waals surface area contributed by atoms with Crippen molar-refractivity contribution in [3.8, 4) is 0 Å². The zero-order chi connectivity index (χ0) is 12.0. The number of hydrogen-bond acceptors (Lipinski definition) is 1. The summed E-state index contributed by atoms with van der Waals surface area (Å²) < 4.78 is 0. The number of aryl methyl sites for hydroxylation is 2. The van der Waals surface area contributed by atoms with Crippen molar-refractivity contribution >= 4 is 10.9 Å². The highest BCUT2D eigenvalue weighted by atomic mass is 14.6. The molecule has 86 valence electrons. The number of pyridine rings is 1. The molecule has 1 aromatic heterocycles. The first-order valence-electron chi connectivity index (χ1n) is 6.07. The highest BCUT2D eigenvalue weighted by molar-refractivity contribution is 5.82. The van der Waals surface area contributed by atoms with Crippen LogP contribution in [0.5, 0.6) is 0 Å². The minimum absolute atomic E-state index is 1.06. The molecule has 0 bridgehead atoms. The molecule has 0 atom stereocenters. The Labute approximate surface area is 98.5 Å². The average Bonchev–Trinajstić information content (AvgIpc) is 2.30. The second-order valence-electron chi connectivity index (χ2n) is 4.00. The van der Waals surface area contributed by atoms with Crippen LogP contribution in [-0.2, 0) is 6.42 Å². The summed E-state index contributed by atoms with van der Waals surface area (Å²) in [5, 5.41) is 1.24. The van der Waals surface area contributed by atoms with Crippen LogP contribution in [0.15, 0.2) is 30.5 Å². The number of fused-ring (bicyclic) bond motifs is 1. The Hall–Kier alpha value is -1.37. The molecule has 2 rings (SSSR count). The van der Waals surface area contributed by atoms with E-state index in [0.29, 0.717) is 0 Å². The largest absolute Gasteiger partial charge is 0.256 e. The number of nitrogens with zero attached hydrogens (tertiary/aromatic N) is 1. The van der Waals surface area contributed by atoms with Gasteiger partial charge in [0.15, 0.2) is 0 Å². The summed E-state index contributed by atoms with van der Waals surface area (Å²) in [6, 6.07) is 8.40. The van der Waals surface area contributed by atoms with Crippen molar-refractivity contribution < 1.29 is 0 Å². The summed E-state index contributed by atoms with van der Waals surface area (Å²) in [5.41, 5.74) is 3.87. The Kier molecular flexibility index (Phi) is 4.97. The van der Waals surface area contributed by atoms with Gasteiger partial charge in [0.2, 0.25) is 0 Å². The molecule has 0 aliphatic carbocycles. The quantitative estimate of drug-likeness (QED) is 0.681. The van der Waals surface area contributed by atoms with Gasteiger partial charge in [-0.05, 0) is 30.5 Å². The van der Waals surface area contributed by atoms with Crippen LogP contribution in [0.3, 0.4) is 0 Å². The maximum absolute atomic E-state index is 4.41. The molecule has 0 N–H and O–H groups in total. The molecule has 1 nitrogen and oxygen atoms in total. The third-order valence-electron chi connectivity index (χ3n) is 2.47. The topological polar surface area (TPSA) is 12.9 Å². The Morgan fingerprint density at radius 3 is 2.38 bits per heavy atom. The molecular formula is C15H21N. The van der Waals surface area contributed by atoms with Crippen LogP contribution >= 0.6 is 0 Å². The molecule has 1 heterocycles. The molecule has 0 spiro atoms. The van der Waals surface area contributed by atoms with E-state index in [4.69, 9.17) is 0 Å². The van der Waals surface area contributed by atoms with Gasteiger partial charge in [-0.1, -0.05) is 45.4 Å². The first-order valence-corrected chi connectivity index (χ1v) is 6.07. The van der Waals surface area contributed by atoms with E-state index in [9.17, 15) is 0 Å². The maximum atomic E-state index is 4.41. The molecule has 16 heavy (non-hydrogen) atoms. The molecule has 1 heteroatoms. The molecule has 0 aliphatic heterocycles. The number of hydrogen-bond donors (Lipinski definition) is 0. The van der Waals surface area contributed by atoms with E-state index in [1.165, 1.54) is 22.9 Å². The molecule has 0 saturated heterocycles. The lowest BCUT2D eigenvalue weighted by atomic mass is 10.0. The highest BCUT2D eigenvalue weighted by Gasteiger charge is 2.02. The van der Waals surface area contributed by atoms with E-state index >= 15 is 0 Å². The summed E-state index contributed by atoms with van der Waals surface area (Å²) in [6.45, 7) is 8.57. The molecule has 0 fully saturated rings. The highest BCUT2D eigenvalue weighted by Crippen LogP contribution is 2.19. The van der Waals surface area contributed by atoms with E-state index in [0.717, 1.165) is 11.9 Å². The van der Waals surface area contributed by atoms with Crippen LogP contribution in [0.2, 0.25) is 0 Å². The van der Waals surface area contributed by atoms with E-state index < -0.39 is 0 Å². The van der Waals surface area contributed by atoms with Gasteiger partial charge in [-0.15, -0.1) is 0 Å². The van der Waals surface area contributed by atoms with Gasteiger partial charge in [0.25, 0.3) is 0 Å². The zero-order valence-corrected chi connectivity index (χ0v) is 10.7. The summed E-state index contributed by atoms with van der Waals surface area (Å²) in [7, 11) is 0. The zero-order valence-electron chi connectivity index (χ0n) is 10.7. The van der Waals surface area contributed by atoms with Crippen molar-refractivity contribution in [2.24, 2.45) is 0 Å². The lowest BCUT2D eigenvalue weighted by Crippen LogP contribution is -1.90. The van der Waals surface area contributed by atoms with Crippen molar-refractivity contribution in [1.29, 1.82) is 0 Å². The van der Waals surface area contributed by atoms with Crippen LogP contribution in [-0.4, -0.2) is 4.98 Å². The molecule has 0 unspecified atom stereocenters. The normalized spacial score (nSPS) is 9.75. The minimum Gasteiger partial charge on any atom is -0.256 e. The summed E-state index contributed by atoms with van der Waals surface area (Å²) in [5.74, 6) is 0. The van der Waals surface area contributed by atoms with Crippen LogP contribution in [0.4, 0.5) is 0 Å². The predicted molar refractivity (Wildman–Crippen MR) is 71.8 cm³/mol. The molecule has 0 radical (unpaired) electrons. The van der Waals surface area contributed by atoms with E-state index in [-0.39, 0.29) is 0 Å². The Morgan fingerprint density at radius 1 is 1.06 bits per heavy atom. The van der Waals surface area contributed by atoms with E-state index in [1.807, 2.05) is 12.3 Å². The summed E-state index contributed by atoms with van der Waals surface area (Å²) in [4.78, 5) is 4.41. The van der Waals surface area contributed by atoms with Gasteiger partial charge < -0.3 is 0 Å². The monoisotopic (exact) mass is 215 g/mol. The van der Waals surface area contributed by atoms with Gasteiger partial charge in [0.05, 0.1) is 5.52 Å². The molecule has 0 amide bonds. The second kappa shape index (κ2) is 6.26. The van der Waals surface area contributed by atoms with Crippen molar-refractivity contribution in [2.45, 2.75) is 40.5 Å². The van der Waals surface area contributed by atoms with Crippen LogP contribution in [0.1, 0.15) is 38.3 Å². The summed E-state index contributed by atoms with van der Waals surface area (Å²) >= 11 is 0. The van der Waals surface area contributed by atoms with Gasteiger partial charge in [0.1, 0.15) is 0 Å².